The Morgan fingerprint density at radius 3 is 2.53 bits per heavy atom. The zero-order chi connectivity index (χ0) is 12.3. The van der Waals surface area contributed by atoms with E-state index < -0.39 is 0 Å². The van der Waals surface area contributed by atoms with E-state index in [0.717, 1.165) is 15.9 Å². The van der Waals surface area contributed by atoms with E-state index in [1.165, 1.54) is 16.0 Å². The fraction of sp³-hybridized carbons (Fsp3) is 0.143. The normalized spacial score (nSPS) is 10.5. The quantitative estimate of drug-likeness (QED) is 0.661. The summed E-state index contributed by atoms with van der Waals surface area (Å²) in [5.74, 6) is 0.970. The van der Waals surface area contributed by atoms with Gasteiger partial charge in [0.15, 0.2) is 0 Å². The number of hydrogen-bond acceptors (Lipinski definition) is 2. The molecule has 3 heteroatoms. The zero-order valence-corrected chi connectivity index (χ0v) is 12.0. The van der Waals surface area contributed by atoms with Crippen molar-refractivity contribution in [1.82, 2.24) is 0 Å². The van der Waals surface area contributed by atoms with Gasteiger partial charge in [0.05, 0.1) is 0 Å². The molecule has 2 N–H and O–H groups in total. The second kappa shape index (κ2) is 5.61. The van der Waals surface area contributed by atoms with E-state index in [-0.39, 0.29) is 0 Å². The predicted octanol–water partition coefficient (Wildman–Crippen LogP) is 4.63. The third kappa shape index (κ3) is 3.27. The fourth-order valence-electron chi connectivity index (χ4n) is 1.53. The second-order valence-corrected chi connectivity index (χ2v) is 5.82. The summed E-state index contributed by atoms with van der Waals surface area (Å²) < 4.78 is 1.12. The fourth-order valence-corrected chi connectivity index (χ4v) is 2.82. The lowest BCUT2D eigenvalue weighted by Gasteiger charge is -2.07. The summed E-state index contributed by atoms with van der Waals surface area (Å²) in [6.07, 6.45) is 0. The van der Waals surface area contributed by atoms with E-state index in [1.54, 1.807) is 0 Å². The largest absolute Gasteiger partial charge is 0.398 e. The third-order valence-electron chi connectivity index (χ3n) is 2.63. The Kier molecular flexibility index (Phi) is 4.13. The Morgan fingerprint density at radius 2 is 1.82 bits per heavy atom. The molecular weight excluding hydrogens is 294 g/mol. The van der Waals surface area contributed by atoms with Crippen LogP contribution in [-0.2, 0) is 5.75 Å². The zero-order valence-electron chi connectivity index (χ0n) is 9.61. The molecule has 1 nitrogen and oxygen atoms in total. The average Bonchev–Trinajstić information content (AvgIpc) is 2.33. The van der Waals surface area contributed by atoms with Gasteiger partial charge in [-0.1, -0.05) is 34.1 Å². The molecule has 2 aromatic carbocycles. The highest BCUT2D eigenvalue weighted by molar-refractivity contribution is 9.10. The predicted molar refractivity (Wildman–Crippen MR) is 79.3 cm³/mol. The van der Waals surface area contributed by atoms with E-state index in [1.807, 2.05) is 23.9 Å². The highest BCUT2D eigenvalue weighted by Crippen LogP contribution is 2.29. The summed E-state index contributed by atoms with van der Waals surface area (Å²) in [4.78, 5) is 1.26. The summed E-state index contributed by atoms with van der Waals surface area (Å²) in [5.41, 5.74) is 9.25. The van der Waals surface area contributed by atoms with Gasteiger partial charge in [0, 0.05) is 20.8 Å². The van der Waals surface area contributed by atoms with Gasteiger partial charge in [0.2, 0.25) is 0 Å². The van der Waals surface area contributed by atoms with Gasteiger partial charge in [0.25, 0.3) is 0 Å². The molecule has 0 aliphatic carbocycles. The topological polar surface area (TPSA) is 26.0 Å². The Morgan fingerprint density at radius 1 is 1.12 bits per heavy atom. The van der Waals surface area contributed by atoms with Crippen LogP contribution in [0.15, 0.2) is 51.8 Å². The van der Waals surface area contributed by atoms with Crippen LogP contribution in [0.25, 0.3) is 0 Å². The molecule has 0 heterocycles. The van der Waals surface area contributed by atoms with Crippen molar-refractivity contribution in [2.24, 2.45) is 0 Å². The lowest BCUT2D eigenvalue weighted by Crippen LogP contribution is -1.91. The molecule has 0 spiro atoms. The standard InChI is InChI=1S/C14H14BrNS/c1-10-13(16)3-2-4-14(10)17-9-11-5-7-12(15)8-6-11/h2-8H,9,16H2,1H3. The third-order valence-corrected chi connectivity index (χ3v) is 4.39. The van der Waals surface area contributed by atoms with Crippen molar-refractivity contribution in [2.45, 2.75) is 17.6 Å². The van der Waals surface area contributed by atoms with Crippen LogP contribution in [0, 0.1) is 6.92 Å². The highest BCUT2D eigenvalue weighted by atomic mass is 79.9. The molecule has 0 bridgehead atoms. The van der Waals surface area contributed by atoms with Gasteiger partial charge >= 0.3 is 0 Å². The van der Waals surface area contributed by atoms with Crippen LogP contribution in [0.5, 0.6) is 0 Å². The Labute approximate surface area is 115 Å². The molecule has 0 unspecified atom stereocenters. The van der Waals surface area contributed by atoms with Crippen LogP contribution in [0.3, 0.4) is 0 Å². The molecule has 0 radical (unpaired) electrons. The highest BCUT2D eigenvalue weighted by Gasteiger charge is 2.02. The number of thioether (sulfide) groups is 1. The molecule has 2 aromatic rings. The summed E-state index contributed by atoms with van der Waals surface area (Å²) in [7, 11) is 0. The minimum absolute atomic E-state index is 0.866. The minimum atomic E-state index is 0.866. The first-order valence-electron chi connectivity index (χ1n) is 5.39. The van der Waals surface area contributed by atoms with E-state index in [0.29, 0.717) is 0 Å². The van der Waals surface area contributed by atoms with Crippen molar-refractivity contribution in [3.05, 3.63) is 58.1 Å². The van der Waals surface area contributed by atoms with Gasteiger partial charge in [-0.3, -0.25) is 0 Å². The molecule has 17 heavy (non-hydrogen) atoms. The van der Waals surface area contributed by atoms with Gasteiger partial charge in [0.1, 0.15) is 0 Å². The van der Waals surface area contributed by atoms with Crippen LogP contribution in [-0.4, -0.2) is 0 Å². The van der Waals surface area contributed by atoms with Gasteiger partial charge in [-0.2, -0.15) is 0 Å². The number of benzene rings is 2. The van der Waals surface area contributed by atoms with Crippen LogP contribution in [0.2, 0.25) is 0 Å². The molecule has 0 aliphatic rings. The monoisotopic (exact) mass is 307 g/mol. The summed E-state index contributed by atoms with van der Waals surface area (Å²) in [6.45, 7) is 2.07. The molecule has 0 amide bonds. The molecule has 0 atom stereocenters. The SMILES string of the molecule is Cc1c(N)cccc1SCc1ccc(Br)cc1. The molecule has 0 saturated heterocycles. The van der Waals surface area contributed by atoms with Crippen LogP contribution >= 0.6 is 27.7 Å². The van der Waals surface area contributed by atoms with E-state index in [2.05, 4.69) is 53.2 Å². The number of nitrogens with two attached hydrogens (primary N) is 1. The van der Waals surface area contributed by atoms with Crippen molar-refractivity contribution in [2.75, 3.05) is 5.73 Å². The van der Waals surface area contributed by atoms with Crippen molar-refractivity contribution in [3.63, 3.8) is 0 Å². The van der Waals surface area contributed by atoms with Gasteiger partial charge in [-0.15, -0.1) is 11.8 Å². The van der Waals surface area contributed by atoms with Gasteiger partial charge < -0.3 is 5.73 Å². The van der Waals surface area contributed by atoms with E-state index in [9.17, 15) is 0 Å². The first-order chi connectivity index (χ1) is 8.16. The second-order valence-electron chi connectivity index (χ2n) is 3.89. The minimum Gasteiger partial charge on any atom is -0.398 e. The summed E-state index contributed by atoms with van der Waals surface area (Å²) in [6, 6.07) is 14.5. The van der Waals surface area contributed by atoms with Crippen LogP contribution < -0.4 is 5.73 Å². The Balaban J connectivity index is 2.07. The van der Waals surface area contributed by atoms with E-state index in [4.69, 9.17) is 5.73 Å². The molecule has 0 fully saturated rings. The summed E-state index contributed by atoms with van der Waals surface area (Å²) in [5, 5.41) is 0. The lowest BCUT2D eigenvalue weighted by atomic mass is 10.2. The van der Waals surface area contributed by atoms with Crippen molar-refractivity contribution in [3.8, 4) is 0 Å². The Hall–Kier alpha value is -0.930. The number of hydrogen-bond donors (Lipinski definition) is 1. The van der Waals surface area contributed by atoms with E-state index >= 15 is 0 Å². The maximum Gasteiger partial charge on any atom is 0.0354 e. The lowest BCUT2D eigenvalue weighted by molar-refractivity contribution is 1.29. The van der Waals surface area contributed by atoms with Crippen molar-refractivity contribution < 1.29 is 0 Å². The first kappa shape index (κ1) is 12.5. The van der Waals surface area contributed by atoms with Gasteiger partial charge in [-0.25, -0.2) is 0 Å². The number of anilines is 1. The number of halogens is 1. The molecule has 0 aliphatic heterocycles. The first-order valence-corrected chi connectivity index (χ1v) is 7.17. The maximum absolute atomic E-state index is 5.89. The molecule has 2 rings (SSSR count). The molecule has 0 saturated carbocycles. The number of nitrogen functional groups attached to an aromatic ring is 1. The van der Waals surface area contributed by atoms with Crippen molar-refractivity contribution in [1.29, 1.82) is 0 Å². The molecular formula is C14H14BrNS. The Bertz CT molecular complexity index is 508. The smallest absolute Gasteiger partial charge is 0.0354 e. The van der Waals surface area contributed by atoms with Crippen LogP contribution in [0.4, 0.5) is 5.69 Å². The van der Waals surface area contributed by atoms with Gasteiger partial charge in [-0.05, 0) is 42.3 Å². The number of rotatable bonds is 3. The summed E-state index contributed by atoms with van der Waals surface area (Å²) >= 11 is 5.26. The average molecular weight is 308 g/mol. The van der Waals surface area contributed by atoms with Crippen molar-refractivity contribution >= 4 is 33.4 Å². The molecule has 0 aromatic heterocycles. The van der Waals surface area contributed by atoms with Crippen LogP contribution in [0.1, 0.15) is 11.1 Å². The molecule has 88 valence electrons. The maximum atomic E-state index is 5.89.